The summed E-state index contributed by atoms with van der Waals surface area (Å²) in [5, 5.41) is 5.79. The zero-order valence-corrected chi connectivity index (χ0v) is 16.9. The summed E-state index contributed by atoms with van der Waals surface area (Å²) >= 11 is 8.09. The number of anilines is 1. The summed E-state index contributed by atoms with van der Waals surface area (Å²) in [4.78, 5) is 20.3. The van der Waals surface area contributed by atoms with Crippen molar-refractivity contribution in [2.24, 2.45) is 0 Å². The Balaban J connectivity index is 1.74. The van der Waals surface area contributed by atoms with Crippen molar-refractivity contribution in [1.29, 1.82) is 0 Å². The largest absolute Gasteiger partial charge is 0.497 e. The van der Waals surface area contributed by atoms with Crippen molar-refractivity contribution in [2.75, 3.05) is 19.5 Å². The minimum atomic E-state index is -0.467. The van der Waals surface area contributed by atoms with Crippen LogP contribution in [0.2, 0.25) is 5.02 Å². The van der Waals surface area contributed by atoms with Crippen LogP contribution >= 0.6 is 22.9 Å². The SMILES string of the molecule is COc1cc(Cl)c(NC2c3ncccc3C(=O)N2Cc2cccs2)c(OC)c1. The molecule has 8 heteroatoms. The third-order valence-corrected chi connectivity index (χ3v) is 5.73. The van der Waals surface area contributed by atoms with Crippen LogP contribution in [0, 0.1) is 0 Å². The minimum absolute atomic E-state index is 0.0717. The highest BCUT2D eigenvalue weighted by atomic mass is 35.5. The molecule has 0 fully saturated rings. The number of carbonyl (C=O) groups excluding carboxylic acids is 1. The number of halogens is 1. The van der Waals surface area contributed by atoms with E-state index in [-0.39, 0.29) is 5.91 Å². The molecule has 144 valence electrons. The van der Waals surface area contributed by atoms with E-state index in [0.717, 1.165) is 4.88 Å². The number of ether oxygens (including phenoxy) is 2. The normalized spacial score (nSPS) is 15.5. The van der Waals surface area contributed by atoms with Gasteiger partial charge in [-0.25, -0.2) is 0 Å². The van der Waals surface area contributed by atoms with Gasteiger partial charge in [0.2, 0.25) is 0 Å². The molecular weight excluding hydrogens is 398 g/mol. The number of nitrogens with one attached hydrogen (secondary N) is 1. The molecule has 1 amide bonds. The number of fused-ring (bicyclic) bond motifs is 1. The van der Waals surface area contributed by atoms with Crippen LogP contribution in [0.25, 0.3) is 0 Å². The molecular formula is C20H18ClN3O3S. The molecule has 0 aliphatic carbocycles. The Morgan fingerprint density at radius 2 is 2.11 bits per heavy atom. The second-order valence-corrected chi connectivity index (χ2v) is 7.62. The van der Waals surface area contributed by atoms with E-state index in [1.807, 2.05) is 17.5 Å². The molecule has 0 saturated heterocycles. The number of amides is 1. The Kier molecular flexibility index (Phi) is 5.11. The molecule has 0 bridgehead atoms. The molecule has 28 heavy (non-hydrogen) atoms. The Morgan fingerprint density at radius 3 is 2.82 bits per heavy atom. The second kappa shape index (κ2) is 7.69. The standard InChI is InChI=1S/C20H18ClN3O3S/c1-26-12-9-15(21)18(16(10-12)27-2)23-19-17-14(6-3-7-22-17)20(25)24(19)11-13-5-4-8-28-13/h3-10,19,23H,11H2,1-2H3. The van der Waals surface area contributed by atoms with Gasteiger partial charge in [0.15, 0.2) is 0 Å². The van der Waals surface area contributed by atoms with Crippen LogP contribution in [-0.2, 0) is 6.54 Å². The molecule has 0 radical (unpaired) electrons. The van der Waals surface area contributed by atoms with E-state index in [1.165, 1.54) is 0 Å². The lowest BCUT2D eigenvalue weighted by molar-refractivity contribution is 0.0729. The number of hydrogen-bond acceptors (Lipinski definition) is 6. The predicted molar refractivity (Wildman–Crippen MR) is 109 cm³/mol. The second-order valence-electron chi connectivity index (χ2n) is 6.18. The summed E-state index contributed by atoms with van der Waals surface area (Å²) in [6.45, 7) is 0.473. The van der Waals surface area contributed by atoms with Crippen LogP contribution < -0.4 is 14.8 Å². The lowest BCUT2D eigenvalue weighted by atomic mass is 10.2. The quantitative estimate of drug-likeness (QED) is 0.638. The van der Waals surface area contributed by atoms with Gasteiger partial charge < -0.3 is 19.7 Å². The molecule has 1 atom stereocenters. The highest BCUT2D eigenvalue weighted by Gasteiger charge is 2.38. The van der Waals surface area contributed by atoms with Crippen LogP contribution in [0.4, 0.5) is 5.69 Å². The summed E-state index contributed by atoms with van der Waals surface area (Å²) in [6.07, 6.45) is 1.22. The third-order valence-electron chi connectivity index (χ3n) is 4.57. The third kappa shape index (κ3) is 3.27. The van der Waals surface area contributed by atoms with Gasteiger partial charge in [0, 0.05) is 23.2 Å². The van der Waals surface area contributed by atoms with Gasteiger partial charge in [-0.15, -0.1) is 11.3 Å². The van der Waals surface area contributed by atoms with Gasteiger partial charge in [-0.1, -0.05) is 17.7 Å². The van der Waals surface area contributed by atoms with Crippen molar-refractivity contribution in [2.45, 2.75) is 12.7 Å². The molecule has 0 saturated carbocycles. The van der Waals surface area contributed by atoms with E-state index in [2.05, 4.69) is 10.3 Å². The Morgan fingerprint density at radius 1 is 1.25 bits per heavy atom. The molecule has 1 aliphatic rings. The molecule has 1 unspecified atom stereocenters. The number of pyridine rings is 1. The number of carbonyl (C=O) groups is 1. The monoisotopic (exact) mass is 415 g/mol. The highest BCUT2D eigenvalue weighted by Crippen LogP contribution is 2.42. The van der Waals surface area contributed by atoms with Gasteiger partial charge in [-0.3, -0.25) is 9.78 Å². The average molecular weight is 416 g/mol. The van der Waals surface area contributed by atoms with E-state index in [0.29, 0.717) is 40.0 Å². The fourth-order valence-corrected chi connectivity index (χ4v) is 4.19. The van der Waals surface area contributed by atoms with E-state index < -0.39 is 6.17 Å². The van der Waals surface area contributed by atoms with Crippen LogP contribution in [-0.4, -0.2) is 30.0 Å². The van der Waals surface area contributed by atoms with Gasteiger partial charge >= 0.3 is 0 Å². The van der Waals surface area contributed by atoms with E-state index in [1.54, 1.807) is 60.9 Å². The lowest BCUT2D eigenvalue weighted by Gasteiger charge is -2.27. The summed E-state index contributed by atoms with van der Waals surface area (Å²) in [7, 11) is 3.13. The van der Waals surface area contributed by atoms with Crippen molar-refractivity contribution in [3.8, 4) is 11.5 Å². The Hall–Kier alpha value is -2.77. The molecule has 6 nitrogen and oxygen atoms in total. The average Bonchev–Trinajstić information content (AvgIpc) is 3.32. The fraction of sp³-hybridized carbons (Fsp3) is 0.200. The predicted octanol–water partition coefficient (Wildman–Crippen LogP) is 4.58. The molecule has 1 aliphatic heterocycles. The van der Waals surface area contributed by atoms with Crippen molar-refractivity contribution >= 4 is 34.5 Å². The summed E-state index contributed by atoms with van der Waals surface area (Å²) < 4.78 is 10.7. The zero-order valence-electron chi connectivity index (χ0n) is 15.3. The number of nitrogens with zero attached hydrogens (tertiary/aromatic N) is 2. The number of aromatic nitrogens is 1. The van der Waals surface area contributed by atoms with E-state index in [9.17, 15) is 4.79 Å². The number of rotatable bonds is 6. The zero-order chi connectivity index (χ0) is 19.7. The first-order valence-electron chi connectivity index (χ1n) is 8.58. The highest BCUT2D eigenvalue weighted by molar-refractivity contribution is 7.09. The first-order valence-corrected chi connectivity index (χ1v) is 9.84. The first kappa shape index (κ1) is 18.6. The summed E-state index contributed by atoms with van der Waals surface area (Å²) in [6, 6.07) is 11.0. The van der Waals surface area contributed by atoms with Crippen LogP contribution in [0.5, 0.6) is 11.5 Å². The van der Waals surface area contributed by atoms with Crippen LogP contribution in [0.1, 0.15) is 27.1 Å². The van der Waals surface area contributed by atoms with Crippen molar-refractivity contribution in [3.63, 3.8) is 0 Å². The summed E-state index contributed by atoms with van der Waals surface area (Å²) in [5.74, 6) is 1.04. The Bertz CT molecular complexity index is 1010. The lowest BCUT2D eigenvalue weighted by Crippen LogP contribution is -2.32. The molecule has 3 aromatic rings. The van der Waals surface area contributed by atoms with Crippen molar-refractivity contribution in [1.82, 2.24) is 9.88 Å². The van der Waals surface area contributed by atoms with E-state index in [4.69, 9.17) is 21.1 Å². The molecule has 0 spiro atoms. The summed E-state index contributed by atoms with van der Waals surface area (Å²) in [5.41, 5.74) is 1.83. The van der Waals surface area contributed by atoms with E-state index >= 15 is 0 Å². The molecule has 2 aromatic heterocycles. The molecule has 4 rings (SSSR count). The topological polar surface area (TPSA) is 63.7 Å². The van der Waals surface area contributed by atoms with Gasteiger partial charge in [-0.2, -0.15) is 0 Å². The maximum atomic E-state index is 13.0. The smallest absolute Gasteiger partial charge is 0.258 e. The maximum Gasteiger partial charge on any atom is 0.258 e. The maximum absolute atomic E-state index is 13.0. The van der Waals surface area contributed by atoms with Gasteiger partial charge in [0.1, 0.15) is 17.7 Å². The number of thiophene rings is 1. The van der Waals surface area contributed by atoms with Crippen LogP contribution in [0.3, 0.4) is 0 Å². The van der Waals surface area contributed by atoms with Crippen molar-refractivity contribution in [3.05, 3.63) is 69.1 Å². The number of methoxy groups -OCH3 is 2. The van der Waals surface area contributed by atoms with Gasteiger partial charge in [0.25, 0.3) is 5.91 Å². The fourth-order valence-electron chi connectivity index (χ4n) is 3.23. The van der Waals surface area contributed by atoms with Gasteiger partial charge in [-0.05, 0) is 23.6 Å². The van der Waals surface area contributed by atoms with Crippen molar-refractivity contribution < 1.29 is 14.3 Å². The molecule has 3 heterocycles. The number of benzene rings is 1. The molecule has 1 aromatic carbocycles. The van der Waals surface area contributed by atoms with Crippen LogP contribution in [0.15, 0.2) is 48.0 Å². The van der Waals surface area contributed by atoms with Gasteiger partial charge in [0.05, 0.1) is 42.7 Å². The Labute approximate surface area is 171 Å². The first-order chi connectivity index (χ1) is 13.6. The number of hydrogen-bond donors (Lipinski definition) is 1. The molecule has 1 N–H and O–H groups in total. The minimum Gasteiger partial charge on any atom is -0.497 e.